The molecule has 0 bridgehead atoms. The van der Waals surface area contributed by atoms with Gasteiger partial charge in [-0.25, -0.2) is 13.2 Å². The van der Waals surface area contributed by atoms with Gasteiger partial charge < -0.3 is 14.6 Å². The van der Waals surface area contributed by atoms with Crippen LogP contribution in [0.4, 0.5) is 0 Å². The topological polar surface area (TPSA) is 106 Å². The molecule has 8 nitrogen and oxygen atoms in total. The third-order valence-electron chi connectivity index (χ3n) is 5.80. The summed E-state index contributed by atoms with van der Waals surface area (Å²) in [5.74, 6) is -0.0563. The summed E-state index contributed by atoms with van der Waals surface area (Å²) in [6.07, 6.45) is 2.85. The Kier molecular flexibility index (Phi) is 9.30. The number of nitrogens with zero attached hydrogens (tertiary/aromatic N) is 2. The highest BCUT2D eigenvalue weighted by Crippen LogP contribution is 2.26. The van der Waals surface area contributed by atoms with Crippen molar-refractivity contribution in [1.82, 2.24) is 9.29 Å². The summed E-state index contributed by atoms with van der Waals surface area (Å²) in [5.41, 5.74) is 1.43. The van der Waals surface area contributed by atoms with Crippen molar-refractivity contribution in [2.45, 2.75) is 63.6 Å². The molecular weight excluding hydrogens is 504 g/mol. The summed E-state index contributed by atoms with van der Waals surface area (Å²) in [6, 6.07) is 17.6. The molecule has 1 heterocycles. The van der Waals surface area contributed by atoms with E-state index in [4.69, 9.17) is 9.47 Å². The molecule has 0 aliphatic rings. The maximum Gasteiger partial charge on any atom is 0.344 e. The third-order valence-corrected chi connectivity index (χ3v) is 7.57. The van der Waals surface area contributed by atoms with E-state index in [1.807, 2.05) is 38.1 Å². The van der Waals surface area contributed by atoms with Gasteiger partial charge in [0.15, 0.2) is 6.61 Å². The number of ether oxygens (including phenoxy) is 2. The molecular formula is C29H36N2O6S. The minimum atomic E-state index is -3.88. The number of sulfonamides is 1. The zero-order valence-corrected chi connectivity index (χ0v) is 23.4. The summed E-state index contributed by atoms with van der Waals surface area (Å²) in [5, 5.41) is 9.67. The first-order chi connectivity index (χ1) is 17.8. The van der Waals surface area contributed by atoms with Crippen LogP contribution in [-0.2, 0) is 38.1 Å². The lowest BCUT2D eigenvalue weighted by molar-refractivity contribution is -0.157. The number of aromatic nitrogens is 1. The molecule has 0 amide bonds. The van der Waals surface area contributed by atoms with E-state index in [0.29, 0.717) is 11.3 Å². The van der Waals surface area contributed by atoms with Crippen molar-refractivity contribution in [1.29, 1.82) is 0 Å². The van der Waals surface area contributed by atoms with Crippen LogP contribution in [0.1, 0.15) is 51.3 Å². The fourth-order valence-corrected chi connectivity index (χ4v) is 5.06. The van der Waals surface area contributed by atoms with Gasteiger partial charge in [-0.3, -0.25) is 4.98 Å². The van der Waals surface area contributed by atoms with Crippen molar-refractivity contribution in [3.8, 4) is 5.75 Å². The molecule has 2 aromatic carbocycles. The van der Waals surface area contributed by atoms with Crippen LogP contribution >= 0.6 is 0 Å². The van der Waals surface area contributed by atoms with Crippen molar-refractivity contribution in [2.75, 3.05) is 13.2 Å². The van der Waals surface area contributed by atoms with Gasteiger partial charge in [0.2, 0.25) is 10.0 Å². The molecule has 0 unspecified atom stereocenters. The standard InChI is InChI=1S/C29H36N2O6S/c1-28(2,3)37-27(33)20-36-25-9-6-8-23(16-25)19-31(38(34,35)26-10-7-15-30-17-26)18-22-11-13-24(14-12-22)29(4,5)21-32/h6-17,32H,18-21H2,1-5H3. The summed E-state index contributed by atoms with van der Waals surface area (Å²) in [7, 11) is -3.88. The monoisotopic (exact) mass is 540 g/mol. The molecule has 0 aliphatic carbocycles. The maximum absolute atomic E-state index is 13.6. The van der Waals surface area contributed by atoms with Gasteiger partial charge in [-0.05, 0) is 61.7 Å². The molecule has 1 N–H and O–H groups in total. The first kappa shape index (κ1) is 29.3. The average Bonchev–Trinajstić information content (AvgIpc) is 2.87. The number of carbonyl (C=O) groups excluding carboxylic acids is 1. The van der Waals surface area contributed by atoms with E-state index in [1.165, 1.54) is 22.8 Å². The van der Waals surface area contributed by atoms with Crippen LogP contribution in [0.25, 0.3) is 0 Å². The molecule has 0 saturated carbocycles. The van der Waals surface area contributed by atoms with Crippen molar-refractivity contribution in [2.24, 2.45) is 0 Å². The number of esters is 1. The quantitative estimate of drug-likeness (QED) is 0.358. The van der Waals surface area contributed by atoms with Crippen LogP contribution < -0.4 is 4.74 Å². The highest BCUT2D eigenvalue weighted by Gasteiger charge is 2.26. The van der Waals surface area contributed by atoms with Crippen LogP contribution in [-0.4, -0.2) is 47.6 Å². The fraction of sp³-hybridized carbons (Fsp3) is 0.379. The van der Waals surface area contributed by atoms with Crippen molar-refractivity contribution in [3.63, 3.8) is 0 Å². The maximum atomic E-state index is 13.6. The average molecular weight is 541 g/mol. The molecule has 0 spiro atoms. The fourth-order valence-electron chi connectivity index (χ4n) is 3.68. The second-order valence-corrected chi connectivity index (χ2v) is 12.7. The van der Waals surface area contributed by atoms with E-state index in [1.54, 1.807) is 51.1 Å². The summed E-state index contributed by atoms with van der Waals surface area (Å²) in [4.78, 5) is 16.1. The Morgan fingerprint density at radius 3 is 2.24 bits per heavy atom. The van der Waals surface area contributed by atoms with Gasteiger partial charge >= 0.3 is 5.97 Å². The van der Waals surface area contributed by atoms with E-state index in [9.17, 15) is 18.3 Å². The second-order valence-electron chi connectivity index (χ2n) is 10.7. The number of hydrogen-bond acceptors (Lipinski definition) is 7. The van der Waals surface area contributed by atoms with Gasteiger partial charge in [0.25, 0.3) is 0 Å². The SMILES string of the molecule is CC(C)(C)OC(=O)COc1cccc(CN(Cc2ccc(C(C)(C)CO)cc2)S(=O)(=O)c2cccnc2)c1. The first-order valence-corrected chi connectivity index (χ1v) is 13.8. The van der Waals surface area contributed by atoms with Crippen LogP contribution in [0.15, 0.2) is 78.0 Å². The minimum absolute atomic E-state index is 0.000195. The molecule has 0 saturated heterocycles. The Morgan fingerprint density at radius 2 is 1.63 bits per heavy atom. The van der Waals surface area contributed by atoms with Crippen molar-refractivity contribution in [3.05, 3.63) is 89.7 Å². The van der Waals surface area contributed by atoms with Crippen molar-refractivity contribution >= 4 is 16.0 Å². The Balaban J connectivity index is 1.84. The molecule has 1 aromatic heterocycles. The van der Waals surface area contributed by atoms with Crippen LogP contribution in [0.2, 0.25) is 0 Å². The normalized spacial score (nSPS) is 12.4. The molecule has 3 aromatic rings. The molecule has 204 valence electrons. The highest BCUT2D eigenvalue weighted by atomic mass is 32.2. The summed E-state index contributed by atoms with van der Waals surface area (Å²) in [6.45, 7) is 9.18. The zero-order chi connectivity index (χ0) is 28.0. The number of hydrogen-bond donors (Lipinski definition) is 1. The summed E-state index contributed by atoms with van der Waals surface area (Å²) < 4.78 is 39.5. The van der Waals surface area contributed by atoms with Gasteiger partial charge in [0.05, 0.1) is 6.61 Å². The van der Waals surface area contributed by atoms with Gasteiger partial charge in [-0.1, -0.05) is 50.2 Å². The van der Waals surface area contributed by atoms with Gasteiger partial charge in [0, 0.05) is 30.9 Å². The van der Waals surface area contributed by atoms with E-state index >= 15 is 0 Å². The largest absolute Gasteiger partial charge is 0.482 e. The number of aliphatic hydroxyl groups is 1. The summed E-state index contributed by atoms with van der Waals surface area (Å²) >= 11 is 0. The Hall–Kier alpha value is -3.27. The van der Waals surface area contributed by atoms with Crippen LogP contribution in [0.5, 0.6) is 5.75 Å². The molecule has 0 fully saturated rings. The predicted octanol–water partition coefficient (Wildman–Crippen LogP) is 4.46. The molecule has 0 atom stereocenters. The predicted molar refractivity (Wildman–Crippen MR) is 145 cm³/mol. The van der Waals surface area contributed by atoms with Crippen LogP contribution in [0, 0.1) is 0 Å². The number of rotatable bonds is 11. The van der Waals surface area contributed by atoms with E-state index in [0.717, 1.165) is 11.1 Å². The number of aliphatic hydroxyl groups excluding tert-OH is 1. The van der Waals surface area contributed by atoms with E-state index in [-0.39, 0.29) is 31.2 Å². The zero-order valence-electron chi connectivity index (χ0n) is 22.5. The molecule has 0 radical (unpaired) electrons. The lowest BCUT2D eigenvalue weighted by atomic mass is 9.85. The highest BCUT2D eigenvalue weighted by molar-refractivity contribution is 7.89. The Bertz CT molecular complexity index is 1320. The number of carbonyl (C=O) groups is 1. The van der Waals surface area contributed by atoms with E-state index in [2.05, 4.69) is 4.98 Å². The molecule has 38 heavy (non-hydrogen) atoms. The molecule has 9 heteroatoms. The third kappa shape index (κ3) is 8.11. The smallest absolute Gasteiger partial charge is 0.344 e. The second kappa shape index (κ2) is 12.1. The lowest BCUT2D eigenvalue weighted by Crippen LogP contribution is -2.30. The Labute approximate surface area is 225 Å². The Morgan fingerprint density at radius 1 is 0.947 bits per heavy atom. The molecule has 0 aliphatic heterocycles. The van der Waals surface area contributed by atoms with E-state index < -0.39 is 27.0 Å². The minimum Gasteiger partial charge on any atom is -0.482 e. The van der Waals surface area contributed by atoms with Crippen LogP contribution in [0.3, 0.4) is 0 Å². The number of pyridine rings is 1. The molecule has 3 rings (SSSR count). The van der Waals surface area contributed by atoms with Gasteiger partial charge in [-0.15, -0.1) is 0 Å². The van der Waals surface area contributed by atoms with Gasteiger partial charge in [-0.2, -0.15) is 4.31 Å². The number of benzene rings is 2. The van der Waals surface area contributed by atoms with Crippen molar-refractivity contribution < 1.29 is 27.8 Å². The van der Waals surface area contributed by atoms with Gasteiger partial charge in [0.1, 0.15) is 16.2 Å². The first-order valence-electron chi connectivity index (χ1n) is 12.3. The lowest BCUT2D eigenvalue weighted by Gasteiger charge is -2.25.